The number of aliphatic hydroxyl groups is 1. The minimum Gasteiger partial charge on any atom is -0.479 e. The summed E-state index contributed by atoms with van der Waals surface area (Å²) in [5, 5.41) is 12.7. The van der Waals surface area contributed by atoms with Crippen molar-refractivity contribution in [3.05, 3.63) is 29.5 Å². The van der Waals surface area contributed by atoms with Crippen LogP contribution in [0.15, 0.2) is 24.5 Å². The van der Waals surface area contributed by atoms with Crippen LogP contribution in [0, 0.1) is 0 Å². The fourth-order valence-electron chi connectivity index (χ4n) is 4.22. The molecular weight excluding hydrogens is 420 g/mol. The Hall–Kier alpha value is -2.58. The van der Waals surface area contributed by atoms with Crippen LogP contribution in [0.4, 0.5) is 4.79 Å². The summed E-state index contributed by atoms with van der Waals surface area (Å²) in [6, 6.07) is 5.30. The summed E-state index contributed by atoms with van der Waals surface area (Å²) >= 11 is 6.26. The monoisotopic (exact) mass is 446 g/mol. The first-order chi connectivity index (χ1) is 14.7. The average molecular weight is 447 g/mol. The highest BCUT2D eigenvalue weighted by Crippen LogP contribution is 2.39. The quantitative estimate of drug-likeness (QED) is 0.635. The smallest absolute Gasteiger partial charge is 0.410 e. The predicted molar refractivity (Wildman–Crippen MR) is 119 cm³/mol. The maximum atomic E-state index is 12.6. The topological polar surface area (TPSA) is 89.7 Å². The Labute approximate surface area is 185 Å². The lowest BCUT2D eigenvalue weighted by Gasteiger charge is -2.29. The first kappa shape index (κ1) is 21.6. The number of halogens is 1. The Morgan fingerprint density at radius 3 is 2.77 bits per heavy atom. The number of aromatic nitrogens is 3. The fraction of sp³-hybridized carbons (Fsp3) is 0.500. The van der Waals surface area contributed by atoms with E-state index in [-0.39, 0.29) is 12.6 Å². The highest BCUT2D eigenvalue weighted by Gasteiger charge is 2.33. The zero-order valence-electron chi connectivity index (χ0n) is 18.1. The van der Waals surface area contributed by atoms with Crippen LogP contribution in [0.5, 0.6) is 5.88 Å². The van der Waals surface area contributed by atoms with Gasteiger partial charge >= 0.3 is 6.09 Å². The van der Waals surface area contributed by atoms with Crippen molar-refractivity contribution < 1.29 is 19.4 Å². The van der Waals surface area contributed by atoms with E-state index in [1.54, 1.807) is 12.0 Å². The molecular formula is C22H27ClN4O4. The summed E-state index contributed by atoms with van der Waals surface area (Å²) in [5.74, 6) is 0.428. The summed E-state index contributed by atoms with van der Waals surface area (Å²) in [6.07, 6.45) is 1.61. The van der Waals surface area contributed by atoms with Gasteiger partial charge in [0, 0.05) is 17.0 Å². The van der Waals surface area contributed by atoms with Gasteiger partial charge in [-0.3, -0.25) is 0 Å². The molecule has 0 saturated carbocycles. The van der Waals surface area contributed by atoms with Crippen molar-refractivity contribution in [2.45, 2.75) is 51.4 Å². The number of carbonyl (C=O) groups excluding carboxylic acids is 1. The number of rotatable bonds is 2. The molecule has 3 heterocycles. The molecule has 0 aliphatic carbocycles. The predicted octanol–water partition coefficient (Wildman–Crippen LogP) is 4.18. The van der Waals surface area contributed by atoms with Gasteiger partial charge in [-0.25, -0.2) is 9.78 Å². The van der Waals surface area contributed by atoms with Crippen LogP contribution in [0.1, 0.15) is 39.7 Å². The van der Waals surface area contributed by atoms with Crippen LogP contribution in [0.25, 0.3) is 21.9 Å². The molecule has 1 fully saturated rings. The molecule has 9 heteroatoms. The molecule has 1 aromatic carbocycles. The van der Waals surface area contributed by atoms with Gasteiger partial charge in [0.1, 0.15) is 23.0 Å². The average Bonchev–Trinajstić information content (AvgIpc) is 2.89. The number of benzene rings is 1. The van der Waals surface area contributed by atoms with Gasteiger partial charge in [-0.2, -0.15) is 4.98 Å². The molecule has 3 aromatic rings. The zero-order valence-corrected chi connectivity index (χ0v) is 18.9. The van der Waals surface area contributed by atoms with Gasteiger partial charge in [0.2, 0.25) is 5.88 Å². The first-order valence-corrected chi connectivity index (χ1v) is 10.7. The van der Waals surface area contributed by atoms with Crippen LogP contribution >= 0.6 is 11.6 Å². The van der Waals surface area contributed by atoms with E-state index >= 15 is 0 Å². The number of carbonyl (C=O) groups is 1. The Morgan fingerprint density at radius 2 is 2.06 bits per heavy atom. The number of β-amino-alcohol motifs (C(OH)–C–C–N with tert-alkyl or cyclic N) is 1. The minimum atomic E-state index is -0.811. The Kier molecular flexibility index (Phi) is 5.70. The van der Waals surface area contributed by atoms with Crippen molar-refractivity contribution in [1.29, 1.82) is 0 Å². The second kappa shape index (κ2) is 8.16. The number of hydrogen-bond acceptors (Lipinski definition) is 6. The summed E-state index contributed by atoms with van der Waals surface area (Å²) in [7, 11) is 1.56. The highest BCUT2D eigenvalue weighted by molar-refractivity contribution is 6.31. The second-order valence-corrected chi connectivity index (χ2v) is 9.25. The molecule has 2 atom stereocenters. The van der Waals surface area contributed by atoms with Gasteiger partial charge in [0.15, 0.2) is 0 Å². The number of amides is 1. The molecule has 0 radical (unpaired) electrons. The van der Waals surface area contributed by atoms with Crippen molar-refractivity contribution in [3.63, 3.8) is 0 Å². The van der Waals surface area contributed by atoms with Gasteiger partial charge in [-0.1, -0.05) is 11.6 Å². The number of fused-ring (bicyclic) bond motifs is 3. The third-order valence-electron chi connectivity index (χ3n) is 5.46. The molecule has 31 heavy (non-hydrogen) atoms. The standard InChI is InChI=1S/C22H27ClN4O4/c1-22(2,3)31-21(29)26-9-5-6-16(17(28)11-26)27-15-8-7-13(23)10-14(15)18-19(27)20(30-4)25-12-24-18/h7-8,10,12,16-17,28H,5-6,9,11H2,1-4H3/t16?,17-/m1/s1. The van der Waals surface area contributed by atoms with Gasteiger partial charge in [-0.15, -0.1) is 0 Å². The fourth-order valence-corrected chi connectivity index (χ4v) is 4.39. The van der Waals surface area contributed by atoms with E-state index in [9.17, 15) is 9.90 Å². The number of aliphatic hydroxyl groups excluding tert-OH is 1. The number of ether oxygens (including phenoxy) is 2. The molecule has 4 rings (SSSR count). The van der Waals surface area contributed by atoms with Gasteiger partial charge in [-0.05, 0) is 51.8 Å². The largest absolute Gasteiger partial charge is 0.479 e. The summed E-state index contributed by atoms with van der Waals surface area (Å²) in [6.45, 7) is 6.18. The first-order valence-electron chi connectivity index (χ1n) is 10.3. The van der Waals surface area contributed by atoms with E-state index < -0.39 is 17.8 Å². The van der Waals surface area contributed by atoms with Crippen molar-refractivity contribution in [1.82, 2.24) is 19.4 Å². The van der Waals surface area contributed by atoms with Gasteiger partial charge in [0.25, 0.3) is 0 Å². The molecule has 1 unspecified atom stereocenters. The summed E-state index contributed by atoms with van der Waals surface area (Å²) in [4.78, 5) is 22.9. The van der Waals surface area contributed by atoms with Crippen LogP contribution < -0.4 is 4.74 Å². The lowest BCUT2D eigenvalue weighted by molar-refractivity contribution is 0.0141. The van der Waals surface area contributed by atoms with Crippen LogP contribution in [-0.4, -0.2) is 62.5 Å². The highest BCUT2D eigenvalue weighted by atomic mass is 35.5. The van der Waals surface area contributed by atoms with E-state index in [0.29, 0.717) is 41.3 Å². The van der Waals surface area contributed by atoms with Crippen LogP contribution in [0.2, 0.25) is 5.02 Å². The maximum Gasteiger partial charge on any atom is 0.410 e. The minimum absolute atomic E-state index is 0.171. The molecule has 1 N–H and O–H groups in total. The molecule has 1 aliphatic rings. The molecule has 1 amide bonds. The lowest BCUT2D eigenvalue weighted by Crippen LogP contribution is -2.41. The number of likely N-dealkylation sites (tertiary alicyclic amines) is 1. The Balaban J connectivity index is 1.78. The van der Waals surface area contributed by atoms with Crippen LogP contribution in [-0.2, 0) is 4.74 Å². The Morgan fingerprint density at radius 1 is 1.29 bits per heavy atom. The second-order valence-electron chi connectivity index (χ2n) is 8.81. The molecule has 1 aliphatic heterocycles. The molecule has 2 aromatic heterocycles. The third kappa shape index (κ3) is 4.14. The van der Waals surface area contributed by atoms with Crippen molar-refractivity contribution >= 4 is 39.6 Å². The molecule has 0 spiro atoms. The number of hydrogen-bond donors (Lipinski definition) is 1. The van der Waals surface area contributed by atoms with Gasteiger partial charge in [0.05, 0.1) is 31.3 Å². The number of methoxy groups -OCH3 is 1. The molecule has 166 valence electrons. The number of nitrogens with zero attached hydrogens (tertiary/aromatic N) is 4. The van der Waals surface area contributed by atoms with E-state index in [1.165, 1.54) is 6.33 Å². The lowest BCUT2D eigenvalue weighted by atomic mass is 10.1. The van der Waals surface area contributed by atoms with E-state index in [1.807, 2.05) is 43.5 Å². The van der Waals surface area contributed by atoms with E-state index in [2.05, 4.69) is 9.97 Å². The van der Waals surface area contributed by atoms with Crippen molar-refractivity contribution in [2.24, 2.45) is 0 Å². The summed E-state index contributed by atoms with van der Waals surface area (Å²) < 4.78 is 13.1. The third-order valence-corrected chi connectivity index (χ3v) is 5.69. The van der Waals surface area contributed by atoms with Crippen molar-refractivity contribution in [2.75, 3.05) is 20.2 Å². The van der Waals surface area contributed by atoms with E-state index in [0.717, 1.165) is 10.9 Å². The maximum absolute atomic E-state index is 12.6. The summed E-state index contributed by atoms with van der Waals surface area (Å²) in [5.41, 5.74) is 1.71. The normalized spacial score (nSPS) is 20.1. The Bertz CT molecular complexity index is 1120. The van der Waals surface area contributed by atoms with Gasteiger partial charge < -0.3 is 24.0 Å². The van der Waals surface area contributed by atoms with Crippen LogP contribution in [0.3, 0.4) is 0 Å². The molecule has 8 nitrogen and oxygen atoms in total. The SMILES string of the molecule is COc1ncnc2c3cc(Cl)ccc3n(C3CCCN(C(=O)OC(C)(C)C)C[C@H]3O)c12. The molecule has 1 saturated heterocycles. The van der Waals surface area contributed by atoms with Crippen molar-refractivity contribution in [3.8, 4) is 5.88 Å². The molecule has 0 bridgehead atoms. The van der Waals surface area contributed by atoms with E-state index in [4.69, 9.17) is 21.1 Å². The zero-order chi connectivity index (χ0) is 22.3.